The first-order chi connectivity index (χ1) is 20.2. The summed E-state index contributed by atoms with van der Waals surface area (Å²) in [5.74, 6) is 0. The molecule has 1 heterocycles. The number of hydrogen-bond acceptors (Lipinski definition) is 9. The maximum Gasteiger partial charge on any atom is 0.410 e. The van der Waals surface area contributed by atoms with Crippen LogP contribution in [0.1, 0.15) is 35.1 Å². The van der Waals surface area contributed by atoms with Crippen LogP contribution in [0.5, 0.6) is 0 Å². The van der Waals surface area contributed by atoms with Crippen LogP contribution in [0, 0.1) is 20.2 Å². The zero-order valence-corrected chi connectivity index (χ0v) is 23.5. The number of aryl methyl sites for hydroxylation is 1. The summed E-state index contributed by atoms with van der Waals surface area (Å²) >= 11 is 4.57. The van der Waals surface area contributed by atoms with Crippen LogP contribution < -0.4 is 5.32 Å². The number of non-ortho nitro benzene ring substituents is 2. The van der Waals surface area contributed by atoms with Gasteiger partial charge in [0, 0.05) is 48.6 Å². The molecule has 2 atom stereocenters. The van der Waals surface area contributed by atoms with E-state index < -0.39 is 22.0 Å². The molecule has 220 valence electrons. The van der Waals surface area contributed by atoms with Gasteiger partial charge in [-0.15, -0.1) is 0 Å². The molecule has 0 aliphatic carbocycles. The molecule has 1 aliphatic heterocycles. The molecule has 12 nitrogen and oxygen atoms in total. The second kappa shape index (κ2) is 14.3. The van der Waals surface area contributed by atoms with E-state index in [0.717, 1.165) is 30.4 Å². The standard InChI is InChI=1S/C29H30N4O8S/c34-28(40-18-22-6-10-24(11-7-22)32(36)37)30-16-21-3-1-20(2-4-21)5-14-26-15-27(42)17-31(26)29(35)41-19-23-8-12-25(13-9-23)33(38)39/h1-4,6-13,26-27,42H,5,14-19H2,(H,30,34)/t26-,27+/m1/s1. The summed E-state index contributed by atoms with van der Waals surface area (Å²) in [4.78, 5) is 47.1. The molecule has 1 N–H and O–H groups in total. The molecule has 1 aliphatic rings. The van der Waals surface area contributed by atoms with Crippen molar-refractivity contribution in [2.24, 2.45) is 0 Å². The van der Waals surface area contributed by atoms with E-state index in [1.54, 1.807) is 17.0 Å². The number of rotatable bonds is 11. The number of nitrogens with zero attached hydrogens (tertiary/aromatic N) is 3. The van der Waals surface area contributed by atoms with E-state index in [9.17, 15) is 29.8 Å². The van der Waals surface area contributed by atoms with Crippen LogP contribution in [0.15, 0.2) is 72.8 Å². The predicted octanol–water partition coefficient (Wildman–Crippen LogP) is 5.57. The average Bonchev–Trinajstić information content (AvgIpc) is 3.38. The Bertz CT molecular complexity index is 1400. The molecule has 13 heteroatoms. The minimum absolute atomic E-state index is 0.00131. The van der Waals surface area contributed by atoms with Crippen molar-refractivity contribution in [1.82, 2.24) is 10.2 Å². The van der Waals surface area contributed by atoms with Gasteiger partial charge < -0.3 is 19.7 Å². The van der Waals surface area contributed by atoms with Crippen molar-refractivity contribution >= 4 is 36.2 Å². The predicted molar refractivity (Wildman–Crippen MR) is 156 cm³/mol. The van der Waals surface area contributed by atoms with Crippen LogP contribution in [0.2, 0.25) is 0 Å². The van der Waals surface area contributed by atoms with Crippen molar-refractivity contribution in [3.05, 3.63) is 115 Å². The number of likely N-dealkylation sites (tertiary alicyclic amines) is 1. The highest BCUT2D eigenvalue weighted by Gasteiger charge is 2.34. The van der Waals surface area contributed by atoms with E-state index in [1.165, 1.54) is 36.4 Å². The van der Waals surface area contributed by atoms with Crippen LogP contribution >= 0.6 is 12.6 Å². The molecule has 0 unspecified atom stereocenters. The SMILES string of the molecule is O=C(NCc1ccc(CC[C@@H]2C[C@H](S)CN2C(=O)OCc2ccc([N+](=O)[O-])cc2)cc1)OCc1ccc([N+](=O)[O-])cc1. The number of amides is 2. The lowest BCUT2D eigenvalue weighted by Crippen LogP contribution is -2.36. The number of nitro benzene ring substituents is 2. The van der Waals surface area contributed by atoms with Gasteiger partial charge in [-0.1, -0.05) is 24.3 Å². The third-order valence-corrected chi connectivity index (χ3v) is 7.25. The van der Waals surface area contributed by atoms with Crippen LogP contribution in [0.4, 0.5) is 21.0 Å². The second-order valence-electron chi connectivity index (χ2n) is 9.88. The minimum Gasteiger partial charge on any atom is -0.445 e. The van der Waals surface area contributed by atoms with Gasteiger partial charge in [-0.2, -0.15) is 12.6 Å². The lowest BCUT2D eigenvalue weighted by molar-refractivity contribution is -0.385. The molecular weight excluding hydrogens is 564 g/mol. The summed E-state index contributed by atoms with van der Waals surface area (Å²) in [5, 5.41) is 24.3. The molecule has 1 saturated heterocycles. The third kappa shape index (κ3) is 8.67. The molecule has 0 spiro atoms. The number of thiol groups is 1. The smallest absolute Gasteiger partial charge is 0.410 e. The highest BCUT2D eigenvalue weighted by Crippen LogP contribution is 2.27. The number of nitrogens with one attached hydrogen (secondary N) is 1. The molecule has 3 aromatic rings. The third-order valence-electron chi connectivity index (χ3n) is 6.88. The Labute approximate surface area is 247 Å². The maximum absolute atomic E-state index is 12.8. The average molecular weight is 595 g/mol. The summed E-state index contributed by atoms with van der Waals surface area (Å²) < 4.78 is 10.6. The Morgan fingerprint density at radius 3 is 1.86 bits per heavy atom. The first kappa shape index (κ1) is 30.3. The van der Waals surface area contributed by atoms with E-state index in [-0.39, 0.29) is 42.4 Å². The zero-order chi connectivity index (χ0) is 30.1. The van der Waals surface area contributed by atoms with E-state index in [2.05, 4.69) is 17.9 Å². The van der Waals surface area contributed by atoms with Crippen molar-refractivity contribution in [1.29, 1.82) is 0 Å². The Kier molecular flexibility index (Phi) is 10.3. The van der Waals surface area contributed by atoms with Gasteiger partial charge >= 0.3 is 12.2 Å². The molecule has 42 heavy (non-hydrogen) atoms. The fraction of sp³-hybridized carbons (Fsp3) is 0.310. The van der Waals surface area contributed by atoms with E-state index in [1.807, 2.05) is 24.3 Å². The largest absolute Gasteiger partial charge is 0.445 e. The number of nitro groups is 2. The molecular formula is C29H30N4O8S. The molecule has 2 amide bonds. The van der Waals surface area contributed by atoms with Gasteiger partial charge in [0.2, 0.25) is 0 Å². The maximum atomic E-state index is 12.8. The number of carbonyl (C=O) groups excluding carboxylic acids is 2. The van der Waals surface area contributed by atoms with Gasteiger partial charge in [-0.3, -0.25) is 20.2 Å². The summed E-state index contributed by atoms with van der Waals surface area (Å²) in [6, 6.07) is 19.4. The lowest BCUT2D eigenvalue weighted by atomic mass is 10.0. The monoisotopic (exact) mass is 594 g/mol. The van der Waals surface area contributed by atoms with Gasteiger partial charge in [0.25, 0.3) is 11.4 Å². The van der Waals surface area contributed by atoms with Crippen molar-refractivity contribution in [2.45, 2.75) is 50.3 Å². The lowest BCUT2D eigenvalue weighted by Gasteiger charge is -2.24. The molecule has 0 bridgehead atoms. The first-order valence-corrected chi connectivity index (χ1v) is 13.8. The normalized spacial score (nSPS) is 16.1. The van der Waals surface area contributed by atoms with Crippen molar-refractivity contribution in [2.75, 3.05) is 6.54 Å². The first-order valence-electron chi connectivity index (χ1n) is 13.2. The number of carbonyl (C=O) groups is 2. The van der Waals surface area contributed by atoms with Gasteiger partial charge in [0.15, 0.2) is 0 Å². The van der Waals surface area contributed by atoms with Gasteiger partial charge in [0.1, 0.15) is 13.2 Å². The highest BCUT2D eigenvalue weighted by molar-refractivity contribution is 7.81. The van der Waals surface area contributed by atoms with Gasteiger partial charge in [0.05, 0.1) is 9.85 Å². The van der Waals surface area contributed by atoms with Crippen molar-refractivity contribution in [3.63, 3.8) is 0 Å². The number of alkyl carbamates (subject to hydrolysis) is 1. The molecule has 3 aromatic carbocycles. The van der Waals surface area contributed by atoms with E-state index >= 15 is 0 Å². The summed E-state index contributed by atoms with van der Waals surface area (Å²) in [6.07, 6.45) is 1.19. The fourth-order valence-electron chi connectivity index (χ4n) is 4.58. The Hall–Kier alpha value is -4.65. The molecule has 4 rings (SSSR count). The van der Waals surface area contributed by atoms with Crippen LogP contribution in [0.25, 0.3) is 0 Å². The van der Waals surface area contributed by atoms with Gasteiger partial charge in [-0.25, -0.2) is 9.59 Å². The number of hydrogen-bond donors (Lipinski definition) is 2. The van der Waals surface area contributed by atoms with Crippen molar-refractivity contribution in [3.8, 4) is 0 Å². The minimum atomic E-state index is -0.597. The summed E-state index contributed by atoms with van der Waals surface area (Å²) in [6.45, 7) is 0.783. The van der Waals surface area contributed by atoms with Gasteiger partial charge in [-0.05, 0) is 65.8 Å². The molecule has 0 saturated carbocycles. The van der Waals surface area contributed by atoms with Crippen LogP contribution in [0.3, 0.4) is 0 Å². The Morgan fingerprint density at radius 2 is 1.31 bits per heavy atom. The van der Waals surface area contributed by atoms with Crippen LogP contribution in [-0.2, 0) is 35.7 Å². The molecule has 0 radical (unpaired) electrons. The molecule has 0 aromatic heterocycles. The Balaban J connectivity index is 1.19. The van der Waals surface area contributed by atoms with E-state index in [4.69, 9.17) is 9.47 Å². The number of benzene rings is 3. The fourth-order valence-corrected chi connectivity index (χ4v) is 5.00. The highest BCUT2D eigenvalue weighted by atomic mass is 32.1. The quantitative estimate of drug-likeness (QED) is 0.166. The molecule has 1 fully saturated rings. The number of ether oxygens (including phenoxy) is 2. The summed E-state index contributed by atoms with van der Waals surface area (Å²) in [5.41, 5.74) is 3.23. The second-order valence-corrected chi connectivity index (χ2v) is 10.6. The topological polar surface area (TPSA) is 154 Å². The van der Waals surface area contributed by atoms with E-state index in [0.29, 0.717) is 17.7 Å². The van der Waals surface area contributed by atoms with Crippen LogP contribution in [-0.4, -0.2) is 44.8 Å². The van der Waals surface area contributed by atoms with Crippen molar-refractivity contribution < 1.29 is 28.9 Å². The summed E-state index contributed by atoms with van der Waals surface area (Å²) in [7, 11) is 0. The zero-order valence-electron chi connectivity index (χ0n) is 22.6. The Morgan fingerprint density at radius 1 is 0.810 bits per heavy atom.